The lowest BCUT2D eigenvalue weighted by molar-refractivity contribution is -0.250. The highest BCUT2D eigenvalue weighted by Gasteiger charge is 2.72. The van der Waals surface area contributed by atoms with Crippen LogP contribution in [0.5, 0.6) is 0 Å². The van der Waals surface area contributed by atoms with Crippen molar-refractivity contribution in [2.75, 3.05) is 0 Å². The van der Waals surface area contributed by atoms with E-state index >= 15 is 0 Å². The van der Waals surface area contributed by atoms with Crippen LogP contribution in [-0.2, 0) is 4.79 Å². The molecule has 0 aliphatic heterocycles. The molecule has 5 aliphatic rings. The molecule has 0 aromatic carbocycles. The van der Waals surface area contributed by atoms with E-state index in [2.05, 4.69) is 61.5 Å². The Labute approximate surface area is 208 Å². The second-order valence-electron chi connectivity index (χ2n) is 15.6. The number of hydrogen-bond donors (Lipinski definition) is 2. The lowest BCUT2D eigenvalue weighted by Gasteiger charge is -2.74. The fourth-order valence-electron chi connectivity index (χ4n) is 10.8. The maximum atomic E-state index is 12.8. The molecule has 0 aromatic rings. The summed E-state index contributed by atoms with van der Waals surface area (Å²) < 4.78 is 0. The van der Waals surface area contributed by atoms with Gasteiger partial charge in [0.1, 0.15) is 0 Å². The number of aliphatic hydroxyl groups is 1. The molecular weight excluding hydrogens is 420 g/mol. The predicted molar refractivity (Wildman–Crippen MR) is 137 cm³/mol. The zero-order valence-electron chi connectivity index (χ0n) is 23.2. The van der Waals surface area contributed by atoms with Gasteiger partial charge in [0, 0.05) is 0 Å². The first-order chi connectivity index (χ1) is 15.5. The number of carboxylic acid groups (broad SMARTS) is 1. The van der Waals surface area contributed by atoms with Crippen LogP contribution in [-0.4, -0.2) is 22.3 Å². The maximum Gasteiger partial charge on any atom is 0.310 e. The third-order valence-corrected chi connectivity index (χ3v) is 14.2. The monoisotopic (exact) mass is 470 g/mol. The van der Waals surface area contributed by atoms with Gasteiger partial charge in [-0.15, -0.1) is 0 Å². The van der Waals surface area contributed by atoms with Gasteiger partial charge < -0.3 is 10.2 Å². The van der Waals surface area contributed by atoms with E-state index in [1.54, 1.807) is 0 Å². The zero-order chi connectivity index (χ0) is 25.2. The van der Waals surface area contributed by atoms with Crippen LogP contribution in [0.15, 0.2) is 11.6 Å². The molecule has 0 radical (unpaired) electrons. The highest BCUT2D eigenvalue weighted by molar-refractivity contribution is 5.76. The van der Waals surface area contributed by atoms with Gasteiger partial charge in [-0.2, -0.15) is 0 Å². The number of allylic oxidation sites excluding steroid dienone is 2. The molecule has 4 saturated carbocycles. The normalized spacial score (nSPS) is 53.4. The third-order valence-electron chi connectivity index (χ3n) is 14.2. The highest BCUT2D eigenvalue weighted by Crippen LogP contribution is 2.78. The quantitative estimate of drug-likeness (QED) is 0.387. The Morgan fingerprint density at radius 3 is 2.15 bits per heavy atom. The minimum absolute atomic E-state index is 0.0670. The fraction of sp³-hybridized carbons (Fsp3) is 0.903. The van der Waals surface area contributed by atoms with Crippen molar-refractivity contribution in [3.8, 4) is 0 Å². The standard InChI is InChI=1S/C31H50O3/c1-25(2)13-17-31(24(33)34)18-15-27(5)20(21(31)19-25)9-10-22-28(27,6)14-16-30(8)26(3,4)23(32)11-12-29(22,30)7/h9,21-23,32H,10-19H2,1-8H3,(H,33,34)/t21-,22-,23-,27+,28+,29+,30-,31-/m0/s1. The number of rotatable bonds is 1. The number of aliphatic carboxylic acids is 1. The molecule has 0 spiro atoms. The molecule has 0 amide bonds. The van der Waals surface area contributed by atoms with Crippen LogP contribution in [0.25, 0.3) is 0 Å². The minimum Gasteiger partial charge on any atom is -0.481 e. The lowest BCUT2D eigenvalue weighted by atomic mass is 9.30. The summed E-state index contributed by atoms with van der Waals surface area (Å²) >= 11 is 0. The summed E-state index contributed by atoms with van der Waals surface area (Å²) in [6.07, 6.45) is 12.4. The van der Waals surface area contributed by atoms with Gasteiger partial charge in [-0.1, -0.05) is 67.0 Å². The van der Waals surface area contributed by atoms with Crippen molar-refractivity contribution in [3.05, 3.63) is 11.6 Å². The zero-order valence-corrected chi connectivity index (χ0v) is 23.2. The number of carboxylic acids is 1. The highest BCUT2D eigenvalue weighted by atomic mass is 16.4. The van der Waals surface area contributed by atoms with E-state index in [4.69, 9.17) is 0 Å². The molecule has 3 nitrogen and oxygen atoms in total. The Balaban J connectivity index is 1.62. The lowest BCUT2D eigenvalue weighted by Crippen LogP contribution is -2.68. The van der Waals surface area contributed by atoms with Gasteiger partial charge in [-0.25, -0.2) is 0 Å². The van der Waals surface area contributed by atoms with Crippen molar-refractivity contribution in [3.63, 3.8) is 0 Å². The molecule has 2 N–H and O–H groups in total. The second kappa shape index (κ2) is 6.93. The van der Waals surface area contributed by atoms with Crippen LogP contribution in [0.3, 0.4) is 0 Å². The summed E-state index contributed by atoms with van der Waals surface area (Å²) in [4.78, 5) is 12.8. The van der Waals surface area contributed by atoms with Crippen molar-refractivity contribution in [1.29, 1.82) is 0 Å². The molecule has 0 aromatic heterocycles. The molecular formula is C31H50O3. The van der Waals surface area contributed by atoms with Crippen LogP contribution in [0.4, 0.5) is 0 Å². The molecule has 0 heterocycles. The van der Waals surface area contributed by atoms with E-state index in [0.29, 0.717) is 5.92 Å². The molecule has 34 heavy (non-hydrogen) atoms. The van der Waals surface area contributed by atoms with E-state index in [9.17, 15) is 15.0 Å². The maximum absolute atomic E-state index is 12.8. The van der Waals surface area contributed by atoms with Crippen LogP contribution < -0.4 is 0 Å². The molecule has 5 rings (SSSR count). The third kappa shape index (κ3) is 2.67. The first-order valence-corrected chi connectivity index (χ1v) is 14.1. The van der Waals surface area contributed by atoms with Crippen molar-refractivity contribution >= 4 is 5.97 Å². The number of fused-ring (bicyclic) bond motifs is 7. The van der Waals surface area contributed by atoms with Gasteiger partial charge in [-0.05, 0) is 109 Å². The number of hydrogen-bond acceptors (Lipinski definition) is 2. The van der Waals surface area contributed by atoms with Crippen LogP contribution in [0.2, 0.25) is 0 Å². The Bertz CT molecular complexity index is 931. The molecule has 4 fully saturated rings. The van der Waals surface area contributed by atoms with Gasteiger partial charge in [0.05, 0.1) is 11.5 Å². The first kappa shape index (κ1) is 24.8. The van der Waals surface area contributed by atoms with Crippen LogP contribution >= 0.6 is 0 Å². The molecule has 5 aliphatic carbocycles. The largest absolute Gasteiger partial charge is 0.481 e. The SMILES string of the molecule is CC1(C)CC[C@]2(C(=O)O)CC[C@]3(C)C(=CC[C@@H]4[C@@]5(C)CC[C@H](O)C(C)(C)[C@]5(C)CC[C@]43C)[C@@H]2C1. The van der Waals surface area contributed by atoms with Crippen molar-refractivity contribution in [1.82, 2.24) is 0 Å². The minimum atomic E-state index is -0.561. The van der Waals surface area contributed by atoms with Gasteiger partial charge in [0.25, 0.3) is 0 Å². The topological polar surface area (TPSA) is 57.5 Å². The van der Waals surface area contributed by atoms with Crippen molar-refractivity contribution in [2.45, 2.75) is 126 Å². The average Bonchev–Trinajstić information content (AvgIpc) is 2.74. The van der Waals surface area contributed by atoms with Gasteiger partial charge >= 0.3 is 5.97 Å². The van der Waals surface area contributed by atoms with Crippen molar-refractivity contribution in [2.24, 2.45) is 49.7 Å². The van der Waals surface area contributed by atoms with Crippen LogP contribution in [0, 0.1) is 49.7 Å². The molecule has 0 saturated heterocycles. The summed E-state index contributed by atoms with van der Waals surface area (Å²) in [7, 11) is 0. The molecule has 192 valence electrons. The number of aliphatic hydroxyl groups excluding tert-OH is 1. The number of carbonyl (C=O) groups is 1. The van der Waals surface area contributed by atoms with Crippen LogP contribution in [0.1, 0.15) is 120 Å². The molecule has 0 unspecified atom stereocenters. The van der Waals surface area contributed by atoms with Gasteiger partial charge in [0.2, 0.25) is 0 Å². The van der Waals surface area contributed by atoms with Crippen molar-refractivity contribution < 1.29 is 15.0 Å². The first-order valence-electron chi connectivity index (χ1n) is 14.1. The summed E-state index contributed by atoms with van der Waals surface area (Å²) in [5, 5.41) is 21.6. The van der Waals surface area contributed by atoms with E-state index < -0.39 is 11.4 Å². The second-order valence-corrected chi connectivity index (χ2v) is 15.6. The van der Waals surface area contributed by atoms with E-state index in [1.165, 1.54) is 12.0 Å². The molecule has 8 atom stereocenters. The summed E-state index contributed by atoms with van der Waals surface area (Å²) in [5.41, 5.74) is 1.60. The van der Waals surface area contributed by atoms with E-state index in [0.717, 1.165) is 57.8 Å². The summed E-state index contributed by atoms with van der Waals surface area (Å²) in [6, 6.07) is 0. The Hall–Kier alpha value is -0.830. The summed E-state index contributed by atoms with van der Waals surface area (Å²) in [6.45, 7) is 19.5. The van der Waals surface area contributed by atoms with Gasteiger partial charge in [0.15, 0.2) is 0 Å². The Morgan fingerprint density at radius 2 is 1.50 bits per heavy atom. The van der Waals surface area contributed by atoms with E-state index in [1.807, 2.05) is 0 Å². The Morgan fingerprint density at radius 1 is 0.853 bits per heavy atom. The Kier molecular flexibility index (Phi) is 5.06. The molecule has 0 bridgehead atoms. The summed E-state index contributed by atoms with van der Waals surface area (Å²) in [5.74, 6) is 0.207. The van der Waals surface area contributed by atoms with Gasteiger partial charge in [-0.3, -0.25) is 4.79 Å². The average molecular weight is 471 g/mol. The molecule has 3 heteroatoms. The predicted octanol–water partition coefficient (Wildman–Crippen LogP) is 7.62. The van der Waals surface area contributed by atoms with E-state index in [-0.39, 0.29) is 44.5 Å². The smallest absolute Gasteiger partial charge is 0.310 e. The fourth-order valence-corrected chi connectivity index (χ4v) is 10.8.